The van der Waals surface area contributed by atoms with Crippen LogP contribution in [0.1, 0.15) is 19.0 Å². The van der Waals surface area contributed by atoms with Gasteiger partial charge in [0.2, 0.25) is 0 Å². The summed E-state index contributed by atoms with van der Waals surface area (Å²) in [6.45, 7) is 7.88. The molecule has 0 bridgehead atoms. The summed E-state index contributed by atoms with van der Waals surface area (Å²) in [4.78, 5) is 25.1. The molecule has 1 fully saturated rings. The van der Waals surface area contributed by atoms with Gasteiger partial charge in [-0.3, -0.25) is 9.97 Å². The number of anilines is 1. The molecule has 1 aliphatic heterocycles. The van der Waals surface area contributed by atoms with Crippen LogP contribution in [0.4, 0.5) is 5.82 Å². The lowest BCUT2D eigenvalue weighted by Crippen LogP contribution is -2.20. The zero-order chi connectivity index (χ0) is 20.0. The van der Waals surface area contributed by atoms with Gasteiger partial charge in [0.05, 0.1) is 21.4 Å². The lowest BCUT2D eigenvalue weighted by Gasteiger charge is -2.18. The second kappa shape index (κ2) is 7.31. The number of hydrogen-bond donors (Lipinski definition) is 1. The highest BCUT2D eigenvalue weighted by Crippen LogP contribution is 2.38. The van der Waals surface area contributed by atoms with E-state index >= 15 is 0 Å². The Morgan fingerprint density at radius 1 is 1.28 bits per heavy atom. The highest BCUT2D eigenvalue weighted by molar-refractivity contribution is 7.99. The number of nitrogens with one attached hydrogen (secondary N) is 1. The molecular formula is C21H19ClN6S. The Morgan fingerprint density at radius 3 is 2.97 bits per heavy atom. The predicted octanol–water partition coefficient (Wildman–Crippen LogP) is 5.03. The summed E-state index contributed by atoms with van der Waals surface area (Å²) in [6.07, 6.45) is 5.38. The molecule has 29 heavy (non-hydrogen) atoms. The molecule has 1 saturated heterocycles. The Hall–Kier alpha value is -2.64. The number of aromatic nitrogens is 5. The molecule has 4 aromatic rings. The molecule has 146 valence electrons. The first-order valence-corrected chi connectivity index (χ1v) is 10.7. The van der Waals surface area contributed by atoms with Gasteiger partial charge in [0.15, 0.2) is 5.16 Å². The minimum Gasteiger partial charge on any atom is -0.352 e. The fourth-order valence-corrected chi connectivity index (χ4v) is 4.70. The maximum atomic E-state index is 6.67. The minimum absolute atomic E-state index is 0.655. The van der Waals surface area contributed by atoms with Crippen LogP contribution in [0.25, 0.3) is 22.1 Å². The lowest BCUT2D eigenvalue weighted by atomic mass is 10.3. The average molecular weight is 423 g/mol. The largest absolute Gasteiger partial charge is 0.352 e. The van der Waals surface area contributed by atoms with Gasteiger partial charge in [-0.25, -0.2) is 9.97 Å². The third kappa shape index (κ3) is 3.34. The van der Waals surface area contributed by atoms with E-state index in [9.17, 15) is 0 Å². The first kappa shape index (κ1) is 18.4. The maximum Gasteiger partial charge on any atom is 0.196 e. The fourth-order valence-electron chi connectivity index (χ4n) is 3.59. The normalized spacial score (nSPS) is 14.4. The Kier molecular flexibility index (Phi) is 4.64. The SMILES string of the molecule is C=C1CCN(c2nc(Sc3cnc4cccnc4c3)nc3[nH]c(CC)c(Cl)c23)C1. The predicted molar refractivity (Wildman–Crippen MR) is 118 cm³/mol. The van der Waals surface area contributed by atoms with Gasteiger partial charge in [0.1, 0.15) is 11.5 Å². The number of fused-ring (bicyclic) bond motifs is 2. The van der Waals surface area contributed by atoms with E-state index in [0.717, 1.165) is 64.4 Å². The Morgan fingerprint density at radius 2 is 2.17 bits per heavy atom. The Labute approximate surface area is 177 Å². The van der Waals surface area contributed by atoms with Crippen LogP contribution in [0, 0.1) is 0 Å². The summed E-state index contributed by atoms with van der Waals surface area (Å²) in [5.74, 6) is 0.865. The van der Waals surface area contributed by atoms with E-state index < -0.39 is 0 Å². The molecule has 0 radical (unpaired) electrons. The zero-order valence-corrected chi connectivity index (χ0v) is 17.5. The second-order valence-electron chi connectivity index (χ2n) is 7.06. The van der Waals surface area contributed by atoms with Crippen molar-refractivity contribution in [3.05, 3.63) is 53.5 Å². The van der Waals surface area contributed by atoms with Crippen molar-refractivity contribution in [3.8, 4) is 0 Å². The molecule has 0 aromatic carbocycles. The summed E-state index contributed by atoms with van der Waals surface area (Å²) in [5, 5.41) is 2.26. The number of aryl methyl sites for hydroxylation is 1. The van der Waals surface area contributed by atoms with E-state index in [-0.39, 0.29) is 0 Å². The molecule has 6 nitrogen and oxygen atoms in total. The Bertz CT molecular complexity index is 1250. The van der Waals surface area contributed by atoms with Crippen molar-refractivity contribution in [2.45, 2.75) is 29.8 Å². The van der Waals surface area contributed by atoms with Crippen LogP contribution < -0.4 is 4.90 Å². The van der Waals surface area contributed by atoms with Gasteiger partial charge in [-0.1, -0.05) is 30.7 Å². The quantitative estimate of drug-likeness (QED) is 0.367. The first-order valence-electron chi connectivity index (χ1n) is 9.50. The van der Waals surface area contributed by atoms with Gasteiger partial charge in [0, 0.05) is 36.1 Å². The van der Waals surface area contributed by atoms with E-state index in [0.29, 0.717) is 10.2 Å². The number of halogens is 1. The van der Waals surface area contributed by atoms with Crippen LogP contribution in [-0.4, -0.2) is 38.0 Å². The molecule has 4 aromatic heterocycles. The average Bonchev–Trinajstić information content (AvgIpc) is 3.30. The van der Waals surface area contributed by atoms with Crippen molar-refractivity contribution in [2.75, 3.05) is 18.0 Å². The summed E-state index contributed by atoms with van der Waals surface area (Å²) < 4.78 is 0. The number of hydrogen-bond acceptors (Lipinski definition) is 6. The van der Waals surface area contributed by atoms with Gasteiger partial charge in [-0.15, -0.1) is 0 Å². The standard InChI is InChI=1S/C21H19ClN6S/c1-3-14-18(22)17-19(25-14)26-21(27-20(17)28-8-6-12(2)11-28)29-13-9-16-15(24-10-13)5-4-7-23-16/h4-5,7,9-10H,2-3,6,8,11H2,1H3,(H,25,26,27). The molecule has 0 amide bonds. The van der Waals surface area contributed by atoms with Gasteiger partial charge >= 0.3 is 0 Å². The highest BCUT2D eigenvalue weighted by atomic mass is 35.5. The van der Waals surface area contributed by atoms with E-state index in [1.165, 1.54) is 17.3 Å². The first-order chi connectivity index (χ1) is 14.1. The van der Waals surface area contributed by atoms with Crippen molar-refractivity contribution in [2.24, 2.45) is 0 Å². The molecule has 5 rings (SSSR count). The number of pyridine rings is 2. The van der Waals surface area contributed by atoms with Crippen molar-refractivity contribution in [3.63, 3.8) is 0 Å². The van der Waals surface area contributed by atoms with Gasteiger partial charge in [0.25, 0.3) is 0 Å². The highest BCUT2D eigenvalue weighted by Gasteiger charge is 2.24. The van der Waals surface area contributed by atoms with Crippen LogP contribution in [0.15, 0.2) is 52.8 Å². The van der Waals surface area contributed by atoms with Crippen LogP contribution in [0.5, 0.6) is 0 Å². The molecular weight excluding hydrogens is 404 g/mol. The van der Waals surface area contributed by atoms with Gasteiger partial charge < -0.3 is 9.88 Å². The molecule has 8 heteroatoms. The third-order valence-corrected chi connectivity index (χ3v) is 6.30. The summed E-state index contributed by atoms with van der Waals surface area (Å²) in [5.41, 5.74) is 4.68. The maximum absolute atomic E-state index is 6.67. The van der Waals surface area contributed by atoms with Crippen molar-refractivity contribution >= 4 is 51.2 Å². The van der Waals surface area contributed by atoms with E-state index in [1.54, 1.807) is 6.20 Å². The molecule has 0 unspecified atom stereocenters. The molecule has 1 aliphatic rings. The molecule has 0 aliphatic carbocycles. The zero-order valence-electron chi connectivity index (χ0n) is 15.9. The summed E-state index contributed by atoms with van der Waals surface area (Å²) in [7, 11) is 0. The van der Waals surface area contributed by atoms with Gasteiger partial charge in [-0.05, 0) is 42.8 Å². The topological polar surface area (TPSA) is 70.6 Å². The van der Waals surface area contributed by atoms with Crippen molar-refractivity contribution in [1.29, 1.82) is 0 Å². The minimum atomic E-state index is 0.655. The van der Waals surface area contributed by atoms with Crippen LogP contribution >= 0.6 is 23.4 Å². The van der Waals surface area contributed by atoms with E-state index in [1.807, 2.05) is 24.4 Å². The monoisotopic (exact) mass is 422 g/mol. The van der Waals surface area contributed by atoms with Crippen LogP contribution in [0.3, 0.4) is 0 Å². The third-order valence-electron chi connectivity index (χ3n) is 5.06. The number of aromatic amines is 1. The summed E-state index contributed by atoms with van der Waals surface area (Å²) in [6, 6.07) is 5.84. The number of nitrogens with zero attached hydrogens (tertiary/aromatic N) is 5. The Balaban J connectivity index is 1.60. The molecule has 0 spiro atoms. The summed E-state index contributed by atoms with van der Waals surface area (Å²) >= 11 is 8.15. The van der Waals surface area contributed by atoms with E-state index in [4.69, 9.17) is 21.6 Å². The second-order valence-corrected chi connectivity index (χ2v) is 8.48. The molecule has 5 heterocycles. The van der Waals surface area contributed by atoms with Gasteiger partial charge in [-0.2, -0.15) is 0 Å². The van der Waals surface area contributed by atoms with E-state index in [2.05, 4.69) is 33.4 Å². The molecule has 0 saturated carbocycles. The smallest absolute Gasteiger partial charge is 0.196 e. The van der Waals surface area contributed by atoms with Crippen molar-refractivity contribution in [1.82, 2.24) is 24.9 Å². The van der Waals surface area contributed by atoms with Crippen LogP contribution in [-0.2, 0) is 6.42 Å². The van der Waals surface area contributed by atoms with Crippen molar-refractivity contribution < 1.29 is 0 Å². The molecule has 1 N–H and O–H groups in total. The lowest BCUT2D eigenvalue weighted by molar-refractivity contribution is 0.897. The number of rotatable bonds is 4. The fraction of sp³-hybridized carbons (Fsp3) is 0.238. The molecule has 0 atom stereocenters. The number of H-pyrrole nitrogens is 1. The van der Waals surface area contributed by atoms with Crippen LogP contribution in [0.2, 0.25) is 5.02 Å².